The van der Waals surface area contributed by atoms with Gasteiger partial charge in [-0.05, 0) is 24.5 Å². The van der Waals surface area contributed by atoms with Crippen molar-refractivity contribution in [1.29, 1.82) is 0 Å². The molecule has 1 saturated heterocycles. The van der Waals surface area contributed by atoms with Crippen LogP contribution in [0.25, 0.3) is 0 Å². The highest BCUT2D eigenvalue weighted by molar-refractivity contribution is 5.89. The van der Waals surface area contributed by atoms with E-state index in [0.29, 0.717) is 19.5 Å². The fraction of sp³-hybridized carbons (Fsp3) is 0.529. The summed E-state index contributed by atoms with van der Waals surface area (Å²) >= 11 is 0. The first-order valence-corrected chi connectivity index (χ1v) is 7.99. The second-order valence-electron chi connectivity index (χ2n) is 6.19. The maximum atomic E-state index is 12.0. The van der Waals surface area contributed by atoms with Crippen molar-refractivity contribution in [1.82, 2.24) is 10.2 Å². The van der Waals surface area contributed by atoms with Gasteiger partial charge in [-0.3, -0.25) is 9.59 Å². The van der Waals surface area contributed by atoms with Crippen LogP contribution in [0.1, 0.15) is 18.4 Å². The van der Waals surface area contributed by atoms with Crippen LogP contribution in [-0.2, 0) is 16.0 Å². The zero-order valence-electron chi connectivity index (χ0n) is 13.0. The van der Waals surface area contributed by atoms with Gasteiger partial charge in [-0.1, -0.05) is 18.2 Å². The average molecular weight is 301 g/mol. The lowest BCUT2D eigenvalue weighted by Crippen LogP contribution is -2.34. The third kappa shape index (κ3) is 3.08. The summed E-state index contributed by atoms with van der Waals surface area (Å²) in [5.74, 6) is -0.0987. The first-order chi connectivity index (χ1) is 10.6. The van der Waals surface area contributed by atoms with E-state index in [-0.39, 0.29) is 17.7 Å². The van der Waals surface area contributed by atoms with Crippen LogP contribution in [0.2, 0.25) is 0 Å². The number of nitrogens with zero attached hydrogens (tertiary/aromatic N) is 2. The lowest BCUT2D eigenvalue weighted by Gasteiger charge is -2.19. The van der Waals surface area contributed by atoms with Gasteiger partial charge in [0.25, 0.3) is 0 Å². The molecule has 1 N–H and O–H groups in total. The van der Waals surface area contributed by atoms with Crippen molar-refractivity contribution in [2.75, 3.05) is 38.1 Å². The van der Waals surface area contributed by atoms with Gasteiger partial charge in [0.2, 0.25) is 11.8 Å². The number of anilines is 1. The highest BCUT2D eigenvalue weighted by atomic mass is 16.2. The molecule has 0 radical (unpaired) electrons. The zero-order chi connectivity index (χ0) is 15.5. The molecule has 2 aliphatic heterocycles. The summed E-state index contributed by atoms with van der Waals surface area (Å²) in [5.41, 5.74) is 2.75. The van der Waals surface area contributed by atoms with E-state index in [1.54, 1.807) is 11.9 Å². The molecule has 1 aromatic rings. The zero-order valence-corrected chi connectivity index (χ0v) is 13.0. The Bertz CT molecular complexity index is 573. The lowest BCUT2D eigenvalue weighted by atomic mass is 10.1. The topological polar surface area (TPSA) is 52.7 Å². The molecule has 5 heteroatoms. The fourth-order valence-electron chi connectivity index (χ4n) is 3.30. The van der Waals surface area contributed by atoms with E-state index in [9.17, 15) is 9.59 Å². The minimum Gasteiger partial charge on any atom is -0.371 e. The van der Waals surface area contributed by atoms with Crippen molar-refractivity contribution in [2.45, 2.75) is 19.3 Å². The number of hydrogen-bond acceptors (Lipinski definition) is 3. The summed E-state index contributed by atoms with van der Waals surface area (Å²) in [6.45, 7) is 3.24. The second-order valence-corrected chi connectivity index (χ2v) is 6.19. The van der Waals surface area contributed by atoms with Gasteiger partial charge >= 0.3 is 0 Å². The molecule has 2 aliphatic rings. The third-order valence-electron chi connectivity index (χ3n) is 4.60. The Morgan fingerprint density at radius 3 is 2.95 bits per heavy atom. The van der Waals surface area contributed by atoms with Gasteiger partial charge in [0.15, 0.2) is 0 Å². The van der Waals surface area contributed by atoms with Gasteiger partial charge in [-0.2, -0.15) is 0 Å². The Kier molecular flexibility index (Phi) is 4.32. The number of para-hydroxylation sites is 1. The summed E-state index contributed by atoms with van der Waals surface area (Å²) in [6.07, 6.45) is 2.39. The molecule has 1 unspecified atom stereocenters. The van der Waals surface area contributed by atoms with Crippen molar-refractivity contribution >= 4 is 17.5 Å². The minimum atomic E-state index is -0.176. The van der Waals surface area contributed by atoms with E-state index < -0.39 is 0 Å². The molecule has 118 valence electrons. The normalized spacial score (nSPS) is 20.4. The monoisotopic (exact) mass is 301 g/mol. The van der Waals surface area contributed by atoms with Crippen LogP contribution in [-0.4, -0.2) is 49.9 Å². The Hall–Kier alpha value is -2.04. The third-order valence-corrected chi connectivity index (χ3v) is 4.60. The maximum Gasteiger partial charge on any atom is 0.225 e. The van der Waals surface area contributed by atoms with Crippen LogP contribution in [0.4, 0.5) is 5.69 Å². The molecular formula is C17H23N3O2. The summed E-state index contributed by atoms with van der Waals surface area (Å²) in [7, 11) is 1.75. The highest BCUT2D eigenvalue weighted by Gasteiger charge is 2.31. The van der Waals surface area contributed by atoms with Gasteiger partial charge in [-0.25, -0.2) is 0 Å². The van der Waals surface area contributed by atoms with E-state index in [1.165, 1.54) is 11.3 Å². The minimum absolute atomic E-state index is 0.0134. The Balaban J connectivity index is 1.40. The van der Waals surface area contributed by atoms with Crippen molar-refractivity contribution in [3.8, 4) is 0 Å². The van der Waals surface area contributed by atoms with Crippen molar-refractivity contribution in [3.63, 3.8) is 0 Å². The molecule has 1 aromatic carbocycles. The first-order valence-electron chi connectivity index (χ1n) is 7.99. The number of fused-ring (bicyclic) bond motifs is 1. The van der Waals surface area contributed by atoms with Crippen LogP contribution in [0.3, 0.4) is 0 Å². The number of carbonyl (C=O) groups is 2. The number of rotatable bonds is 5. The second kappa shape index (κ2) is 6.38. The van der Waals surface area contributed by atoms with Gasteiger partial charge in [0, 0.05) is 45.3 Å². The predicted octanol–water partition coefficient (Wildman–Crippen LogP) is 1.03. The fourth-order valence-corrected chi connectivity index (χ4v) is 3.30. The van der Waals surface area contributed by atoms with E-state index in [4.69, 9.17) is 0 Å². The number of hydrogen-bond donors (Lipinski definition) is 1. The number of benzene rings is 1. The molecule has 3 rings (SSSR count). The smallest absolute Gasteiger partial charge is 0.225 e. The van der Waals surface area contributed by atoms with E-state index in [2.05, 4.69) is 34.5 Å². The molecule has 2 heterocycles. The number of nitrogens with one attached hydrogen (secondary N) is 1. The molecule has 2 amide bonds. The van der Waals surface area contributed by atoms with Crippen molar-refractivity contribution in [3.05, 3.63) is 29.8 Å². The molecule has 22 heavy (non-hydrogen) atoms. The maximum absolute atomic E-state index is 12.0. The van der Waals surface area contributed by atoms with E-state index in [1.807, 2.05) is 0 Å². The predicted molar refractivity (Wildman–Crippen MR) is 85.7 cm³/mol. The molecule has 0 saturated carbocycles. The highest BCUT2D eigenvalue weighted by Crippen LogP contribution is 2.27. The number of carbonyl (C=O) groups excluding carboxylic acids is 2. The SMILES string of the molecule is CN1CC(C(=O)NCCCN2CCc3ccccc32)CC1=O. The molecule has 5 nitrogen and oxygen atoms in total. The van der Waals surface area contributed by atoms with Gasteiger partial charge in [-0.15, -0.1) is 0 Å². The average Bonchev–Trinajstić information content (AvgIpc) is 3.08. The van der Waals surface area contributed by atoms with Gasteiger partial charge in [0.1, 0.15) is 0 Å². The molecule has 1 fully saturated rings. The van der Waals surface area contributed by atoms with Crippen molar-refractivity contribution in [2.24, 2.45) is 5.92 Å². The molecular weight excluding hydrogens is 278 g/mol. The van der Waals surface area contributed by atoms with E-state index >= 15 is 0 Å². The van der Waals surface area contributed by atoms with Crippen LogP contribution in [0.5, 0.6) is 0 Å². The molecule has 0 bridgehead atoms. The summed E-state index contributed by atoms with van der Waals surface area (Å²) in [6, 6.07) is 8.51. The Labute approximate surface area is 131 Å². The number of likely N-dealkylation sites (tertiary alicyclic amines) is 1. The Morgan fingerprint density at radius 1 is 1.36 bits per heavy atom. The van der Waals surface area contributed by atoms with Crippen LogP contribution >= 0.6 is 0 Å². The standard InChI is InChI=1S/C17H23N3O2/c1-19-12-14(11-16(19)21)17(22)18-8-4-9-20-10-7-13-5-2-3-6-15(13)20/h2-3,5-6,14H,4,7-12H2,1H3,(H,18,22). The van der Waals surface area contributed by atoms with Crippen LogP contribution in [0.15, 0.2) is 24.3 Å². The van der Waals surface area contributed by atoms with Crippen LogP contribution in [0, 0.1) is 5.92 Å². The van der Waals surface area contributed by atoms with Gasteiger partial charge in [0.05, 0.1) is 5.92 Å². The summed E-state index contributed by atoms with van der Waals surface area (Å²) in [4.78, 5) is 27.5. The molecule has 0 aliphatic carbocycles. The van der Waals surface area contributed by atoms with Gasteiger partial charge < -0.3 is 15.1 Å². The first kappa shape index (κ1) is 14.9. The lowest BCUT2D eigenvalue weighted by molar-refractivity contribution is -0.128. The van der Waals surface area contributed by atoms with Crippen LogP contribution < -0.4 is 10.2 Å². The summed E-state index contributed by atoms with van der Waals surface area (Å²) in [5, 5.41) is 2.97. The Morgan fingerprint density at radius 2 is 2.18 bits per heavy atom. The number of amides is 2. The largest absolute Gasteiger partial charge is 0.371 e. The molecule has 0 aromatic heterocycles. The van der Waals surface area contributed by atoms with Crippen molar-refractivity contribution < 1.29 is 9.59 Å². The molecule has 1 atom stereocenters. The molecule has 0 spiro atoms. The van der Waals surface area contributed by atoms with E-state index in [0.717, 1.165) is 25.9 Å². The quantitative estimate of drug-likeness (QED) is 0.827. The summed E-state index contributed by atoms with van der Waals surface area (Å²) < 4.78 is 0.